The SMILES string of the molecule is CCOC(C)(C)C(=N)c1ccc(CC[C@H](C)O)cc1. The fraction of sp³-hybridized carbons (Fsp3) is 0.562. The molecule has 1 aromatic carbocycles. The summed E-state index contributed by atoms with van der Waals surface area (Å²) in [7, 11) is 0. The highest BCUT2D eigenvalue weighted by Gasteiger charge is 2.25. The highest BCUT2D eigenvalue weighted by molar-refractivity contribution is 6.03. The first kappa shape index (κ1) is 15.9. The van der Waals surface area contributed by atoms with Gasteiger partial charge in [-0.05, 0) is 51.7 Å². The Kier molecular flexibility index (Phi) is 5.70. The van der Waals surface area contributed by atoms with Crippen LogP contribution in [-0.4, -0.2) is 29.1 Å². The summed E-state index contributed by atoms with van der Waals surface area (Å²) in [5, 5.41) is 17.5. The Morgan fingerprint density at radius 2 is 1.89 bits per heavy atom. The molecule has 0 unspecified atom stereocenters. The summed E-state index contributed by atoms with van der Waals surface area (Å²) in [5.41, 5.74) is 2.01. The van der Waals surface area contributed by atoms with Crippen LogP contribution in [0.5, 0.6) is 0 Å². The van der Waals surface area contributed by atoms with Gasteiger partial charge in [0.2, 0.25) is 0 Å². The molecule has 0 saturated carbocycles. The minimum absolute atomic E-state index is 0.269. The Morgan fingerprint density at radius 1 is 1.32 bits per heavy atom. The average molecular weight is 263 g/mol. The topological polar surface area (TPSA) is 53.3 Å². The zero-order chi connectivity index (χ0) is 14.5. The Hall–Kier alpha value is -1.19. The first-order chi connectivity index (χ1) is 8.86. The smallest absolute Gasteiger partial charge is 0.104 e. The standard InChI is InChI=1S/C16H25NO2/c1-5-19-16(3,4)15(17)14-10-8-13(9-11-14)7-6-12(2)18/h8-12,17-18H,5-7H2,1-4H3/t12-/m0/s1. The average Bonchev–Trinajstić information content (AvgIpc) is 2.36. The Labute approximate surface area is 116 Å². The van der Waals surface area contributed by atoms with E-state index in [1.54, 1.807) is 6.92 Å². The molecule has 0 aliphatic carbocycles. The van der Waals surface area contributed by atoms with Crippen molar-refractivity contribution in [2.24, 2.45) is 0 Å². The molecule has 0 fully saturated rings. The molecule has 2 N–H and O–H groups in total. The lowest BCUT2D eigenvalue weighted by molar-refractivity contribution is 0.0439. The number of hydrogen-bond donors (Lipinski definition) is 2. The molecule has 3 nitrogen and oxygen atoms in total. The van der Waals surface area contributed by atoms with Crippen molar-refractivity contribution in [2.75, 3.05) is 6.61 Å². The molecular weight excluding hydrogens is 238 g/mol. The Morgan fingerprint density at radius 3 is 2.37 bits per heavy atom. The lowest BCUT2D eigenvalue weighted by atomic mass is 9.94. The van der Waals surface area contributed by atoms with Crippen LogP contribution in [0.15, 0.2) is 24.3 Å². The number of ether oxygens (including phenoxy) is 1. The van der Waals surface area contributed by atoms with E-state index in [1.807, 2.05) is 45.0 Å². The van der Waals surface area contributed by atoms with E-state index in [0.29, 0.717) is 12.3 Å². The van der Waals surface area contributed by atoms with Crippen molar-refractivity contribution in [3.63, 3.8) is 0 Å². The molecule has 0 bridgehead atoms. The fourth-order valence-electron chi connectivity index (χ4n) is 1.99. The van der Waals surface area contributed by atoms with Crippen LogP contribution in [0, 0.1) is 5.41 Å². The minimum atomic E-state index is -0.560. The molecule has 0 spiro atoms. The number of aliphatic hydroxyl groups excluding tert-OH is 1. The van der Waals surface area contributed by atoms with Gasteiger partial charge in [0.1, 0.15) is 5.60 Å². The van der Waals surface area contributed by atoms with Gasteiger partial charge in [0.15, 0.2) is 0 Å². The van der Waals surface area contributed by atoms with Gasteiger partial charge in [0, 0.05) is 6.61 Å². The van der Waals surface area contributed by atoms with Crippen LogP contribution < -0.4 is 0 Å². The van der Waals surface area contributed by atoms with Crippen molar-refractivity contribution >= 4 is 5.71 Å². The maximum absolute atomic E-state index is 9.27. The van der Waals surface area contributed by atoms with E-state index in [1.165, 1.54) is 5.56 Å². The van der Waals surface area contributed by atoms with Crippen LogP contribution in [0.25, 0.3) is 0 Å². The molecule has 1 aromatic rings. The van der Waals surface area contributed by atoms with Gasteiger partial charge in [-0.25, -0.2) is 0 Å². The number of hydrogen-bond acceptors (Lipinski definition) is 3. The summed E-state index contributed by atoms with van der Waals surface area (Å²) in [6.07, 6.45) is 1.36. The van der Waals surface area contributed by atoms with Crippen LogP contribution in [0.3, 0.4) is 0 Å². The number of aryl methyl sites for hydroxylation is 1. The van der Waals surface area contributed by atoms with Gasteiger partial charge in [-0.2, -0.15) is 0 Å². The molecule has 0 aromatic heterocycles. The number of aliphatic hydroxyl groups is 1. The summed E-state index contributed by atoms with van der Waals surface area (Å²) in [6, 6.07) is 7.96. The number of nitrogens with one attached hydrogen (secondary N) is 1. The van der Waals surface area contributed by atoms with E-state index in [-0.39, 0.29) is 6.10 Å². The molecule has 0 amide bonds. The van der Waals surface area contributed by atoms with Crippen molar-refractivity contribution in [2.45, 2.75) is 52.2 Å². The van der Waals surface area contributed by atoms with Crippen molar-refractivity contribution < 1.29 is 9.84 Å². The zero-order valence-electron chi connectivity index (χ0n) is 12.4. The minimum Gasteiger partial charge on any atom is -0.393 e. The molecule has 0 aliphatic rings. The van der Waals surface area contributed by atoms with Gasteiger partial charge in [-0.1, -0.05) is 24.3 Å². The molecule has 0 saturated heterocycles. The lowest BCUT2D eigenvalue weighted by Gasteiger charge is -2.25. The second-order valence-corrected chi connectivity index (χ2v) is 5.40. The molecule has 0 heterocycles. The molecule has 106 valence electrons. The first-order valence-corrected chi connectivity index (χ1v) is 6.87. The van der Waals surface area contributed by atoms with Crippen molar-refractivity contribution in [3.05, 3.63) is 35.4 Å². The highest BCUT2D eigenvalue weighted by atomic mass is 16.5. The first-order valence-electron chi connectivity index (χ1n) is 6.87. The third-order valence-corrected chi connectivity index (χ3v) is 3.20. The van der Waals surface area contributed by atoms with Crippen LogP contribution in [0.1, 0.15) is 45.2 Å². The van der Waals surface area contributed by atoms with E-state index in [0.717, 1.165) is 18.4 Å². The molecule has 1 atom stereocenters. The van der Waals surface area contributed by atoms with Crippen molar-refractivity contribution in [1.82, 2.24) is 0 Å². The van der Waals surface area contributed by atoms with Gasteiger partial charge < -0.3 is 15.3 Å². The molecule has 0 radical (unpaired) electrons. The highest BCUT2D eigenvalue weighted by Crippen LogP contribution is 2.18. The largest absolute Gasteiger partial charge is 0.393 e. The third kappa shape index (κ3) is 4.77. The van der Waals surface area contributed by atoms with Gasteiger partial charge >= 0.3 is 0 Å². The van der Waals surface area contributed by atoms with E-state index in [2.05, 4.69) is 0 Å². The second-order valence-electron chi connectivity index (χ2n) is 5.40. The lowest BCUT2D eigenvalue weighted by Crippen LogP contribution is -2.35. The molecule has 19 heavy (non-hydrogen) atoms. The molecule has 1 rings (SSSR count). The van der Waals surface area contributed by atoms with Gasteiger partial charge in [0.25, 0.3) is 0 Å². The zero-order valence-corrected chi connectivity index (χ0v) is 12.4. The van der Waals surface area contributed by atoms with Gasteiger partial charge in [-0.15, -0.1) is 0 Å². The van der Waals surface area contributed by atoms with E-state index in [4.69, 9.17) is 10.1 Å². The van der Waals surface area contributed by atoms with E-state index >= 15 is 0 Å². The van der Waals surface area contributed by atoms with Crippen molar-refractivity contribution in [1.29, 1.82) is 5.41 Å². The summed E-state index contributed by atoms with van der Waals surface area (Å²) in [4.78, 5) is 0. The van der Waals surface area contributed by atoms with Crippen molar-refractivity contribution in [3.8, 4) is 0 Å². The third-order valence-electron chi connectivity index (χ3n) is 3.20. The molecular formula is C16H25NO2. The summed E-state index contributed by atoms with van der Waals surface area (Å²) < 4.78 is 5.60. The van der Waals surface area contributed by atoms with Crippen LogP contribution in [0.2, 0.25) is 0 Å². The van der Waals surface area contributed by atoms with Crippen LogP contribution in [-0.2, 0) is 11.2 Å². The number of benzene rings is 1. The predicted octanol–water partition coefficient (Wildman–Crippen LogP) is 3.18. The van der Waals surface area contributed by atoms with Gasteiger partial charge in [0.05, 0.1) is 11.8 Å². The van der Waals surface area contributed by atoms with Crippen LogP contribution >= 0.6 is 0 Å². The molecule has 3 heteroatoms. The summed E-state index contributed by atoms with van der Waals surface area (Å²) >= 11 is 0. The van der Waals surface area contributed by atoms with E-state index < -0.39 is 5.60 Å². The quantitative estimate of drug-likeness (QED) is 0.742. The Balaban J connectivity index is 2.73. The second kappa shape index (κ2) is 6.83. The maximum Gasteiger partial charge on any atom is 0.104 e. The summed E-state index contributed by atoms with van der Waals surface area (Å²) in [6.45, 7) is 8.17. The Bertz CT molecular complexity index is 407. The van der Waals surface area contributed by atoms with Crippen LogP contribution in [0.4, 0.5) is 0 Å². The number of rotatable bonds is 7. The van der Waals surface area contributed by atoms with Gasteiger partial charge in [-0.3, -0.25) is 0 Å². The van der Waals surface area contributed by atoms with E-state index in [9.17, 15) is 5.11 Å². The predicted molar refractivity (Wildman–Crippen MR) is 79.0 cm³/mol. The fourth-order valence-corrected chi connectivity index (χ4v) is 1.99. The summed E-state index contributed by atoms with van der Waals surface area (Å²) in [5.74, 6) is 0. The monoisotopic (exact) mass is 263 g/mol. The normalized spacial score (nSPS) is 13.3. The molecule has 0 aliphatic heterocycles. The maximum atomic E-state index is 9.27.